The maximum absolute atomic E-state index is 12.2. The second-order valence-electron chi connectivity index (χ2n) is 5.91. The van der Waals surface area contributed by atoms with Gasteiger partial charge in [0, 0.05) is 24.7 Å². The molecule has 0 saturated carbocycles. The van der Waals surface area contributed by atoms with E-state index < -0.39 is 5.91 Å². The molecule has 148 valence electrons. The molecule has 0 radical (unpaired) electrons. The fourth-order valence-corrected chi connectivity index (χ4v) is 2.47. The molecule has 0 aliphatic carbocycles. The van der Waals surface area contributed by atoms with Crippen molar-refractivity contribution in [2.75, 3.05) is 26.1 Å². The molecular formula is C20H23N3O5. The summed E-state index contributed by atoms with van der Waals surface area (Å²) in [6, 6.07) is 11.9. The molecule has 0 aliphatic rings. The lowest BCUT2D eigenvalue weighted by molar-refractivity contribution is -0.120. The maximum Gasteiger partial charge on any atom is 0.251 e. The molecule has 28 heavy (non-hydrogen) atoms. The van der Waals surface area contributed by atoms with Crippen LogP contribution in [0.1, 0.15) is 22.8 Å². The van der Waals surface area contributed by atoms with Gasteiger partial charge in [-0.15, -0.1) is 0 Å². The lowest BCUT2D eigenvalue weighted by Crippen LogP contribution is -2.36. The maximum atomic E-state index is 12.2. The molecule has 0 aliphatic heterocycles. The Morgan fingerprint density at radius 1 is 0.929 bits per heavy atom. The van der Waals surface area contributed by atoms with Gasteiger partial charge in [-0.25, -0.2) is 0 Å². The van der Waals surface area contributed by atoms with Gasteiger partial charge in [-0.05, 0) is 35.9 Å². The number of rotatable bonds is 8. The van der Waals surface area contributed by atoms with Gasteiger partial charge in [0.25, 0.3) is 5.91 Å². The predicted molar refractivity (Wildman–Crippen MR) is 104 cm³/mol. The van der Waals surface area contributed by atoms with E-state index in [1.54, 1.807) is 36.4 Å². The summed E-state index contributed by atoms with van der Waals surface area (Å²) in [5, 5.41) is 7.95. The van der Waals surface area contributed by atoms with E-state index in [-0.39, 0.29) is 24.9 Å². The molecule has 0 aromatic heterocycles. The Labute approximate surface area is 163 Å². The van der Waals surface area contributed by atoms with Gasteiger partial charge in [-0.2, -0.15) is 0 Å². The first-order valence-corrected chi connectivity index (χ1v) is 8.56. The third-order valence-electron chi connectivity index (χ3n) is 3.79. The van der Waals surface area contributed by atoms with Gasteiger partial charge >= 0.3 is 0 Å². The predicted octanol–water partition coefficient (Wildman–Crippen LogP) is 1.71. The van der Waals surface area contributed by atoms with Crippen LogP contribution in [0.15, 0.2) is 42.5 Å². The average molecular weight is 385 g/mol. The van der Waals surface area contributed by atoms with Gasteiger partial charge in [0.2, 0.25) is 11.8 Å². The van der Waals surface area contributed by atoms with Crippen molar-refractivity contribution in [3.8, 4) is 11.5 Å². The number of methoxy groups -OCH3 is 2. The van der Waals surface area contributed by atoms with Crippen LogP contribution in [-0.4, -0.2) is 38.5 Å². The number of amides is 3. The molecule has 3 amide bonds. The van der Waals surface area contributed by atoms with E-state index in [0.29, 0.717) is 22.7 Å². The smallest absolute Gasteiger partial charge is 0.251 e. The molecule has 2 rings (SSSR count). The van der Waals surface area contributed by atoms with Crippen molar-refractivity contribution in [3.63, 3.8) is 0 Å². The minimum absolute atomic E-state index is 0.168. The number of hydrogen-bond acceptors (Lipinski definition) is 5. The molecule has 0 atom stereocenters. The lowest BCUT2D eigenvalue weighted by Gasteiger charge is -2.10. The number of benzene rings is 2. The Kier molecular flexibility index (Phi) is 7.38. The quantitative estimate of drug-likeness (QED) is 0.641. The lowest BCUT2D eigenvalue weighted by atomic mass is 10.2. The van der Waals surface area contributed by atoms with E-state index in [9.17, 15) is 14.4 Å². The number of nitrogens with one attached hydrogen (secondary N) is 3. The van der Waals surface area contributed by atoms with Crippen LogP contribution in [0, 0.1) is 0 Å². The van der Waals surface area contributed by atoms with Crippen molar-refractivity contribution in [1.82, 2.24) is 10.6 Å². The van der Waals surface area contributed by atoms with Crippen LogP contribution in [-0.2, 0) is 16.1 Å². The zero-order chi connectivity index (χ0) is 20.5. The highest BCUT2D eigenvalue weighted by molar-refractivity contribution is 5.97. The topological polar surface area (TPSA) is 106 Å². The molecule has 0 saturated heterocycles. The van der Waals surface area contributed by atoms with E-state index in [1.807, 2.05) is 6.07 Å². The van der Waals surface area contributed by atoms with E-state index in [1.165, 1.54) is 21.1 Å². The minimum atomic E-state index is -0.399. The van der Waals surface area contributed by atoms with Crippen LogP contribution in [0.25, 0.3) is 0 Å². The van der Waals surface area contributed by atoms with Gasteiger partial charge in [0.05, 0.1) is 20.8 Å². The summed E-state index contributed by atoms with van der Waals surface area (Å²) in [4.78, 5) is 35.3. The molecule has 0 bridgehead atoms. The summed E-state index contributed by atoms with van der Waals surface area (Å²) in [5.74, 6) is 0.0403. The Morgan fingerprint density at radius 2 is 1.68 bits per heavy atom. The molecule has 0 fully saturated rings. The fraction of sp³-hybridized carbons (Fsp3) is 0.250. The van der Waals surface area contributed by atoms with E-state index in [4.69, 9.17) is 9.47 Å². The molecule has 2 aromatic rings. The van der Waals surface area contributed by atoms with Crippen molar-refractivity contribution in [3.05, 3.63) is 53.6 Å². The average Bonchev–Trinajstić information content (AvgIpc) is 2.69. The molecule has 0 spiro atoms. The first kappa shape index (κ1) is 20.8. The Morgan fingerprint density at radius 3 is 2.36 bits per heavy atom. The highest BCUT2D eigenvalue weighted by Crippen LogP contribution is 2.27. The van der Waals surface area contributed by atoms with Crippen LogP contribution in [0.3, 0.4) is 0 Å². The van der Waals surface area contributed by atoms with Crippen LogP contribution in [0.4, 0.5) is 5.69 Å². The minimum Gasteiger partial charge on any atom is -0.493 e. The largest absolute Gasteiger partial charge is 0.493 e. The molecule has 0 heterocycles. The van der Waals surface area contributed by atoms with Crippen LogP contribution in [0.5, 0.6) is 11.5 Å². The zero-order valence-corrected chi connectivity index (χ0v) is 16.0. The molecular weight excluding hydrogens is 362 g/mol. The van der Waals surface area contributed by atoms with Crippen molar-refractivity contribution >= 4 is 23.4 Å². The van der Waals surface area contributed by atoms with Crippen LogP contribution < -0.4 is 25.4 Å². The first-order chi connectivity index (χ1) is 13.4. The molecule has 8 heteroatoms. The number of anilines is 1. The standard InChI is InChI=1S/C20H23N3O5/c1-13(24)23-16-6-4-5-14(9-16)11-21-19(25)12-22-20(26)15-7-8-17(27-2)18(10-15)28-3/h4-10H,11-12H2,1-3H3,(H,21,25)(H,22,26)(H,23,24). The van der Waals surface area contributed by atoms with Gasteiger partial charge in [0.1, 0.15) is 0 Å². The highest BCUT2D eigenvalue weighted by atomic mass is 16.5. The molecule has 2 aromatic carbocycles. The number of carbonyl (C=O) groups excluding carboxylic acids is 3. The third kappa shape index (κ3) is 6.01. The summed E-state index contributed by atoms with van der Waals surface area (Å²) in [6.07, 6.45) is 0. The molecule has 0 unspecified atom stereocenters. The normalized spacial score (nSPS) is 9.96. The van der Waals surface area contributed by atoms with Crippen LogP contribution >= 0.6 is 0 Å². The summed E-state index contributed by atoms with van der Waals surface area (Å²) in [5.41, 5.74) is 1.83. The first-order valence-electron chi connectivity index (χ1n) is 8.56. The summed E-state index contributed by atoms with van der Waals surface area (Å²) in [6.45, 7) is 1.53. The summed E-state index contributed by atoms with van der Waals surface area (Å²) < 4.78 is 10.3. The van der Waals surface area contributed by atoms with E-state index >= 15 is 0 Å². The molecule has 3 N–H and O–H groups in total. The Bertz CT molecular complexity index is 867. The number of carbonyl (C=O) groups is 3. The number of ether oxygens (including phenoxy) is 2. The SMILES string of the molecule is COc1ccc(C(=O)NCC(=O)NCc2cccc(NC(C)=O)c2)cc1OC. The molecule has 8 nitrogen and oxygen atoms in total. The zero-order valence-electron chi connectivity index (χ0n) is 16.0. The Balaban J connectivity index is 1.85. The summed E-state index contributed by atoms with van der Waals surface area (Å²) in [7, 11) is 2.99. The highest BCUT2D eigenvalue weighted by Gasteiger charge is 2.12. The number of hydrogen-bond donors (Lipinski definition) is 3. The second kappa shape index (κ2) is 9.96. The van der Waals surface area contributed by atoms with Gasteiger partial charge in [-0.3, -0.25) is 14.4 Å². The van der Waals surface area contributed by atoms with Crippen molar-refractivity contribution in [2.24, 2.45) is 0 Å². The Hall–Kier alpha value is -3.55. The fourth-order valence-electron chi connectivity index (χ4n) is 2.47. The van der Waals surface area contributed by atoms with Gasteiger partial charge < -0.3 is 25.4 Å². The van der Waals surface area contributed by atoms with Gasteiger partial charge in [-0.1, -0.05) is 12.1 Å². The van der Waals surface area contributed by atoms with Gasteiger partial charge in [0.15, 0.2) is 11.5 Å². The van der Waals surface area contributed by atoms with Crippen molar-refractivity contribution in [2.45, 2.75) is 13.5 Å². The second-order valence-corrected chi connectivity index (χ2v) is 5.91. The van der Waals surface area contributed by atoms with Crippen molar-refractivity contribution in [1.29, 1.82) is 0 Å². The summed E-state index contributed by atoms with van der Waals surface area (Å²) >= 11 is 0. The van der Waals surface area contributed by atoms with E-state index in [2.05, 4.69) is 16.0 Å². The third-order valence-corrected chi connectivity index (χ3v) is 3.79. The van der Waals surface area contributed by atoms with E-state index in [0.717, 1.165) is 5.56 Å². The monoisotopic (exact) mass is 385 g/mol. The van der Waals surface area contributed by atoms with Crippen LogP contribution in [0.2, 0.25) is 0 Å². The van der Waals surface area contributed by atoms with Crippen molar-refractivity contribution < 1.29 is 23.9 Å².